The van der Waals surface area contributed by atoms with E-state index in [0.29, 0.717) is 27.0 Å². The second-order valence-electron chi connectivity index (χ2n) is 8.09. The van der Waals surface area contributed by atoms with Crippen molar-refractivity contribution in [1.82, 2.24) is 18.9 Å². The third-order valence-electron chi connectivity index (χ3n) is 5.97. The van der Waals surface area contributed by atoms with E-state index in [1.807, 2.05) is 58.2 Å². The topological polar surface area (TPSA) is 69.3 Å². The van der Waals surface area contributed by atoms with Crippen LogP contribution in [0.2, 0.25) is 0 Å². The lowest BCUT2D eigenvalue weighted by molar-refractivity contribution is 0.814. The number of aryl methyl sites for hydroxylation is 4. The maximum atomic E-state index is 13.7. The predicted octanol–water partition coefficient (Wildman–Crippen LogP) is 5.35. The van der Waals surface area contributed by atoms with Gasteiger partial charge in [0, 0.05) is 27.8 Å². The van der Waals surface area contributed by atoms with Crippen LogP contribution in [0.3, 0.4) is 0 Å². The van der Waals surface area contributed by atoms with Crippen molar-refractivity contribution in [2.75, 3.05) is 0 Å². The molecule has 0 amide bonds. The largest absolute Gasteiger partial charge is 0.269 e. The Morgan fingerprint density at radius 3 is 2.61 bits per heavy atom. The average Bonchev–Trinajstić information content (AvgIpc) is 3.28. The predicted molar refractivity (Wildman–Crippen MR) is 138 cm³/mol. The lowest BCUT2D eigenvalue weighted by Crippen LogP contribution is -2.22. The van der Waals surface area contributed by atoms with Crippen LogP contribution in [0.15, 0.2) is 44.4 Å². The van der Waals surface area contributed by atoms with Crippen molar-refractivity contribution in [3.05, 3.63) is 83.3 Å². The first-order valence-electron chi connectivity index (χ1n) is 10.4. The molecule has 0 bridgehead atoms. The second kappa shape index (κ2) is 8.23. The first kappa shape index (κ1) is 22.1. The molecule has 168 valence electrons. The van der Waals surface area contributed by atoms with E-state index < -0.39 is 0 Å². The number of aromatic nitrogens is 4. The quantitative estimate of drug-likeness (QED) is 0.249. The van der Waals surface area contributed by atoms with Gasteiger partial charge in [-0.15, -0.1) is 22.7 Å². The molecular formula is C24H22N4O2S3. The molecule has 0 aliphatic rings. The molecule has 0 saturated heterocycles. The number of thiophene rings is 1. The summed E-state index contributed by atoms with van der Waals surface area (Å²) in [4.78, 5) is 38.4. The fourth-order valence-electron chi connectivity index (χ4n) is 3.88. The van der Waals surface area contributed by atoms with E-state index in [-0.39, 0.29) is 11.1 Å². The number of thioether (sulfide) groups is 1. The smallest absolute Gasteiger partial charge is 0.267 e. The highest BCUT2D eigenvalue weighted by molar-refractivity contribution is 7.98. The highest BCUT2D eigenvalue weighted by Gasteiger charge is 2.20. The Morgan fingerprint density at radius 1 is 1.03 bits per heavy atom. The Balaban J connectivity index is 1.66. The molecule has 4 aromatic heterocycles. The molecule has 5 aromatic rings. The lowest BCUT2D eigenvalue weighted by Gasteiger charge is -2.15. The van der Waals surface area contributed by atoms with Gasteiger partial charge in [-0.2, -0.15) is 0 Å². The third-order valence-corrected chi connectivity index (χ3v) is 8.98. The molecule has 33 heavy (non-hydrogen) atoms. The van der Waals surface area contributed by atoms with Crippen LogP contribution in [-0.4, -0.2) is 18.9 Å². The summed E-state index contributed by atoms with van der Waals surface area (Å²) in [5.41, 5.74) is 5.37. The molecule has 0 atom stereocenters. The van der Waals surface area contributed by atoms with Crippen LogP contribution in [0.5, 0.6) is 0 Å². The van der Waals surface area contributed by atoms with Crippen LogP contribution in [0.4, 0.5) is 0 Å². The van der Waals surface area contributed by atoms with E-state index in [1.54, 1.807) is 26.4 Å². The molecule has 9 heteroatoms. The van der Waals surface area contributed by atoms with Crippen LogP contribution in [0.1, 0.15) is 33.0 Å². The minimum Gasteiger partial charge on any atom is -0.269 e. The minimum absolute atomic E-state index is 0.0598. The van der Waals surface area contributed by atoms with Gasteiger partial charge in [0.05, 0.1) is 16.8 Å². The number of thiazole rings is 1. The molecule has 1 aromatic carbocycles. The van der Waals surface area contributed by atoms with Crippen LogP contribution in [0, 0.1) is 34.6 Å². The minimum atomic E-state index is -0.0887. The van der Waals surface area contributed by atoms with Gasteiger partial charge >= 0.3 is 0 Å². The number of hydrogen-bond donors (Lipinski definition) is 0. The molecule has 0 radical (unpaired) electrons. The normalized spacial score (nSPS) is 11.7. The zero-order valence-electron chi connectivity index (χ0n) is 18.9. The first-order chi connectivity index (χ1) is 15.8. The zero-order chi connectivity index (χ0) is 23.4. The monoisotopic (exact) mass is 494 g/mol. The highest BCUT2D eigenvalue weighted by Crippen LogP contribution is 2.31. The molecule has 0 N–H and O–H groups in total. The molecule has 0 unspecified atom stereocenters. The standard InChI is InChI=1S/C24H22N4O2S3/c1-12-7-6-8-18(14(12)3)28-22(30)20-15(4)16(5)33-21(20)26-24(28)32-11-17-9-19(29)27-13(2)10-31-23(27)25-17/h6-10H,11H2,1-5H3. The van der Waals surface area contributed by atoms with Gasteiger partial charge in [0.1, 0.15) is 4.83 Å². The molecule has 0 fully saturated rings. The van der Waals surface area contributed by atoms with Crippen molar-refractivity contribution >= 4 is 49.6 Å². The molecular weight excluding hydrogens is 472 g/mol. The highest BCUT2D eigenvalue weighted by atomic mass is 32.2. The van der Waals surface area contributed by atoms with E-state index in [4.69, 9.17) is 4.98 Å². The van der Waals surface area contributed by atoms with Crippen LogP contribution in [-0.2, 0) is 5.75 Å². The van der Waals surface area contributed by atoms with Gasteiger partial charge in [-0.25, -0.2) is 9.97 Å². The van der Waals surface area contributed by atoms with Crippen molar-refractivity contribution in [1.29, 1.82) is 0 Å². The number of benzene rings is 1. The Kier molecular flexibility index (Phi) is 5.50. The fourth-order valence-corrected chi connectivity index (χ4v) is 6.73. The van der Waals surface area contributed by atoms with Crippen LogP contribution < -0.4 is 11.1 Å². The fraction of sp³-hybridized carbons (Fsp3) is 0.250. The summed E-state index contributed by atoms with van der Waals surface area (Å²) in [6.45, 7) is 9.96. The second-order valence-corrected chi connectivity index (χ2v) is 11.1. The van der Waals surface area contributed by atoms with Crippen molar-refractivity contribution in [3.8, 4) is 5.69 Å². The molecule has 6 nitrogen and oxygen atoms in total. The van der Waals surface area contributed by atoms with Crippen LogP contribution in [0.25, 0.3) is 20.9 Å². The van der Waals surface area contributed by atoms with Gasteiger partial charge in [0.15, 0.2) is 10.1 Å². The SMILES string of the molecule is Cc1cccc(-n2c(SCc3cc(=O)n4c(C)csc4n3)nc3sc(C)c(C)c3c2=O)c1C. The number of fused-ring (bicyclic) bond motifs is 2. The Bertz CT molecular complexity index is 1670. The van der Waals surface area contributed by atoms with Gasteiger partial charge in [-0.3, -0.25) is 18.6 Å². The van der Waals surface area contributed by atoms with Crippen LogP contribution >= 0.6 is 34.4 Å². The summed E-state index contributed by atoms with van der Waals surface area (Å²) in [7, 11) is 0. The maximum absolute atomic E-state index is 13.7. The van der Waals surface area contributed by atoms with Gasteiger partial charge in [-0.05, 0) is 57.4 Å². The van der Waals surface area contributed by atoms with Gasteiger partial charge in [-0.1, -0.05) is 23.9 Å². The van der Waals surface area contributed by atoms with E-state index in [2.05, 4.69) is 4.98 Å². The Morgan fingerprint density at radius 2 is 1.82 bits per heavy atom. The average molecular weight is 495 g/mol. The zero-order valence-corrected chi connectivity index (χ0v) is 21.4. The number of nitrogens with zero attached hydrogens (tertiary/aromatic N) is 4. The summed E-state index contributed by atoms with van der Waals surface area (Å²) in [6, 6.07) is 7.53. The molecule has 4 heterocycles. The third kappa shape index (κ3) is 3.64. The van der Waals surface area contributed by atoms with Crippen molar-refractivity contribution in [3.63, 3.8) is 0 Å². The van der Waals surface area contributed by atoms with E-state index in [9.17, 15) is 9.59 Å². The molecule has 0 aliphatic carbocycles. The first-order valence-corrected chi connectivity index (χ1v) is 13.1. The number of hydrogen-bond acceptors (Lipinski definition) is 7. The van der Waals surface area contributed by atoms with Crippen molar-refractivity contribution in [2.45, 2.75) is 45.5 Å². The lowest BCUT2D eigenvalue weighted by atomic mass is 10.1. The molecule has 0 aliphatic heterocycles. The molecule has 5 rings (SSSR count). The summed E-state index contributed by atoms with van der Waals surface area (Å²) in [5.74, 6) is 0.439. The van der Waals surface area contributed by atoms with Crippen molar-refractivity contribution in [2.24, 2.45) is 0 Å². The molecule has 0 saturated carbocycles. The molecule has 0 spiro atoms. The van der Waals surface area contributed by atoms with Gasteiger partial charge < -0.3 is 0 Å². The summed E-state index contributed by atoms with van der Waals surface area (Å²) in [5, 5.41) is 3.21. The Labute approximate surface area is 202 Å². The summed E-state index contributed by atoms with van der Waals surface area (Å²) < 4.78 is 3.33. The Hall–Kier alpha value is -2.75. The van der Waals surface area contributed by atoms with Crippen molar-refractivity contribution < 1.29 is 0 Å². The number of rotatable bonds is 4. The maximum Gasteiger partial charge on any atom is 0.267 e. The van der Waals surface area contributed by atoms with E-state index in [1.165, 1.54) is 23.1 Å². The summed E-state index contributed by atoms with van der Waals surface area (Å²) >= 11 is 4.42. The van der Waals surface area contributed by atoms with Gasteiger partial charge in [0.25, 0.3) is 11.1 Å². The van der Waals surface area contributed by atoms with Gasteiger partial charge in [0.2, 0.25) is 0 Å². The van der Waals surface area contributed by atoms with E-state index >= 15 is 0 Å². The van der Waals surface area contributed by atoms with E-state index in [0.717, 1.165) is 37.8 Å². The summed E-state index contributed by atoms with van der Waals surface area (Å²) in [6.07, 6.45) is 0.